The van der Waals surface area contributed by atoms with Crippen LogP contribution < -0.4 is 15.0 Å². The van der Waals surface area contributed by atoms with E-state index in [0.717, 1.165) is 35.8 Å². The molecule has 6 heteroatoms. The lowest BCUT2D eigenvalue weighted by molar-refractivity contribution is -0.115. The van der Waals surface area contributed by atoms with Crippen molar-refractivity contribution in [2.45, 2.75) is 20.8 Å². The molecule has 1 aliphatic rings. The topological polar surface area (TPSA) is 53.9 Å². The summed E-state index contributed by atoms with van der Waals surface area (Å²) in [4.78, 5) is 19.7. The molecule has 0 radical (unpaired) electrons. The standard InChI is InChI=1S/C22H25N3O2S/c1-5-25(6-2)18-12-9-16(19(14-18)27-4)13-20-21(26)24-22(28-20)23-17-10-7-15(3)8-11-17/h7-14H,5-6H2,1-4H3,(H,23,24,26)/b20-13+. The number of anilines is 1. The third kappa shape index (κ3) is 4.57. The van der Waals surface area contributed by atoms with E-state index in [0.29, 0.717) is 10.1 Å². The van der Waals surface area contributed by atoms with Crippen molar-refractivity contribution in [1.82, 2.24) is 5.32 Å². The number of carbonyl (C=O) groups excluding carboxylic acids is 1. The van der Waals surface area contributed by atoms with Crippen molar-refractivity contribution in [1.29, 1.82) is 0 Å². The van der Waals surface area contributed by atoms with E-state index in [2.05, 4.69) is 35.1 Å². The van der Waals surface area contributed by atoms with Crippen molar-refractivity contribution >= 4 is 40.3 Å². The summed E-state index contributed by atoms with van der Waals surface area (Å²) in [6.45, 7) is 8.14. The van der Waals surface area contributed by atoms with Crippen LogP contribution in [0.15, 0.2) is 52.4 Å². The van der Waals surface area contributed by atoms with E-state index in [-0.39, 0.29) is 5.91 Å². The van der Waals surface area contributed by atoms with E-state index in [1.54, 1.807) is 7.11 Å². The molecule has 1 fully saturated rings. The van der Waals surface area contributed by atoms with Gasteiger partial charge in [-0.25, -0.2) is 4.99 Å². The van der Waals surface area contributed by atoms with Gasteiger partial charge in [0, 0.05) is 30.4 Å². The zero-order chi connectivity index (χ0) is 20.1. The van der Waals surface area contributed by atoms with Crippen molar-refractivity contribution in [3.63, 3.8) is 0 Å². The molecule has 0 aromatic heterocycles. The van der Waals surface area contributed by atoms with Gasteiger partial charge in [-0.05, 0) is 62.9 Å². The van der Waals surface area contributed by atoms with Crippen molar-refractivity contribution in [2.75, 3.05) is 25.1 Å². The lowest BCUT2D eigenvalue weighted by atomic mass is 10.1. The van der Waals surface area contributed by atoms with Crippen LogP contribution in [0.1, 0.15) is 25.0 Å². The van der Waals surface area contributed by atoms with Gasteiger partial charge in [0.2, 0.25) is 0 Å². The summed E-state index contributed by atoms with van der Waals surface area (Å²) in [5.41, 5.74) is 3.96. The Morgan fingerprint density at radius 1 is 1.14 bits per heavy atom. The second kappa shape index (κ2) is 8.97. The number of methoxy groups -OCH3 is 1. The minimum atomic E-state index is -0.147. The van der Waals surface area contributed by atoms with Gasteiger partial charge in [0.05, 0.1) is 17.7 Å². The SMILES string of the molecule is CCN(CC)c1ccc(/C=C2/SC(=Nc3ccc(C)cc3)NC2=O)c(OC)c1. The highest BCUT2D eigenvalue weighted by Gasteiger charge is 2.24. The molecule has 2 aromatic carbocycles. The molecule has 0 unspecified atom stereocenters. The molecule has 5 nitrogen and oxygen atoms in total. The first-order valence-corrected chi connectivity index (χ1v) is 10.1. The van der Waals surface area contributed by atoms with Crippen LogP contribution in [-0.4, -0.2) is 31.3 Å². The highest BCUT2D eigenvalue weighted by Crippen LogP contribution is 2.32. The Labute approximate surface area is 170 Å². The van der Waals surface area contributed by atoms with Crippen molar-refractivity contribution in [2.24, 2.45) is 4.99 Å². The Kier molecular flexibility index (Phi) is 6.41. The van der Waals surface area contributed by atoms with Gasteiger partial charge in [-0.3, -0.25) is 4.79 Å². The molecule has 1 heterocycles. The summed E-state index contributed by atoms with van der Waals surface area (Å²) in [5, 5.41) is 3.41. The quantitative estimate of drug-likeness (QED) is 0.718. The average Bonchev–Trinajstić information content (AvgIpc) is 3.04. The Morgan fingerprint density at radius 3 is 2.50 bits per heavy atom. The number of hydrogen-bond acceptors (Lipinski definition) is 5. The number of rotatable bonds is 6. The predicted molar refractivity (Wildman–Crippen MR) is 119 cm³/mol. The van der Waals surface area contributed by atoms with E-state index < -0.39 is 0 Å². The van der Waals surface area contributed by atoms with Gasteiger partial charge in [0.1, 0.15) is 5.75 Å². The molecule has 0 bridgehead atoms. The highest BCUT2D eigenvalue weighted by molar-refractivity contribution is 8.18. The Hall–Kier alpha value is -2.73. The first-order chi connectivity index (χ1) is 13.5. The lowest BCUT2D eigenvalue weighted by Crippen LogP contribution is -2.21. The number of aryl methyl sites for hydroxylation is 1. The largest absolute Gasteiger partial charge is 0.496 e. The molecule has 1 amide bonds. The maximum Gasteiger partial charge on any atom is 0.264 e. The van der Waals surface area contributed by atoms with Gasteiger partial charge < -0.3 is 15.0 Å². The van der Waals surface area contributed by atoms with E-state index in [4.69, 9.17) is 4.74 Å². The third-order valence-electron chi connectivity index (χ3n) is 4.55. The second-order valence-electron chi connectivity index (χ2n) is 6.42. The lowest BCUT2D eigenvalue weighted by Gasteiger charge is -2.22. The van der Waals surface area contributed by atoms with Crippen LogP contribution in [0.5, 0.6) is 5.75 Å². The molecule has 0 aliphatic carbocycles. The van der Waals surface area contributed by atoms with Crippen molar-refractivity contribution < 1.29 is 9.53 Å². The zero-order valence-corrected chi connectivity index (χ0v) is 17.5. The number of nitrogens with one attached hydrogen (secondary N) is 1. The highest BCUT2D eigenvalue weighted by atomic mass is 32.2. The van der Waals surface area contributed by atoms with Gasteiger partial charge in [0.15, 0.2) is 5.17 Å². The first kappa shape index (κ1) is 20.0. The second-order valence-corrected chi connectivity index (χ2v) is 7.45. The number of thioether (sulfide) groups is 1. The summed E-state index contributed by atoms with van der Waals surface area (Å²) in [7, 11) is 1.65. The fourth-order valence-electron chi connectivity index (χ4n) is 2.96. The van der Waals surface area contributed by atoms with Crippen molar-refractivity contribution in [3.05, 3.63) is 58.5 Å². The van der Waals surface area contributed by atoms with Gasteiger partial charge in [-0.1, -0.05) is 17.7 Å². The van der Waals surface area contributed by atoms with Gasteiger partial charge in [-0.2, -0.15) is 0 Å². The Bertz CT molecular complexity index is 916. The average molecular weight is 396 g/mol. The number of benzene rings is 2. The Morgan fingerprint density at radius 2 is 1.86 bits per heavy atom. The van der Waals surface area contributed by atoms with Crippen LogP contribution >= 0.6 is 11.8 Å². The number of ether oxygens (including phenoxy) is 1. The molecule has 28 heavy (non-hydrogen) atoms. The van der Waals surface area contributed by atoms with Gasteiger partial charge in [-0.15, -0.1) is 0 Å². The van der Waals surface area contributed by atoms with Crippen LogP contribution in [0.2, 0.25) is 0 Å². The molecule has 2 aromatic rings. The molecule has 1 saturated heterocycles. The number of nitrogens with zero attached hydrogens (tertiary/aromatic N) is 2. The zero-order valence-electron chi connectivity index (χ0n) is 16.7. The van der Waals surface area contributed by atoms with Gasteiger partial charge >= 0.3 is 0 Å². The van der Waals surface area contributed by atoms with Crippen LogP contribution in [0.25, 0.3) is 6.08 Å². The summed E-state index contributed by atoms with van der Waals surface area (Å²) < 4.78 is 5.56. The maximum absolute atomic E-state index is 12.4. The fourth-order valence-corrected chi connectivity index (χ4v) is 3.80. The monoisotopic (exact) mass is 395 g/mol. The molecule has 146 valence electrons. The van der Waals surface area contributed by atoms with E-state index >= 15 is 0 Å². The summed E-state index contributed by atoms with van der Waals surface area (Å²) in [6, 6.07) is 13.9. The predicted octanol–water partition coefficient (Wildman–Crippen LogP) is 4.74. The number of amides is 1. The molecule has 3 rings (SSSR count). The minimum absolute atomic E-state index is 0.147. The number of amidine groups is 1. The normalized spacial score (nSPS) is 16.5. The summed E-state index contributed by atoms with van der Waals surface area (Å²) in [6.07, 6.45) is 1.85. The summed E-state index contributed by atoms with van der Waals surface area (Å²) >= 11 is 1.34. The molecule has 1 aliphatic heterocycles. The third-order valence-corrected chi connectivity index (χ3v) is 5.46. The minimum Gasteiger partial charge on any atom is -0.496 e. The van der Waals surface area contributed by atoms with Crippen LogP contribution in [0.4, 0.5) is 11.4 Å². The van der Waals surface area contributed by atoms with Gasteiger partial charge in [0.25, 0.3) is 5.91 Å². The molecule has 1 N–H and O–H groups in total. The number of aliphatic imine (C=N–C) groups is 1. The van der Waals surface area contributed by atoms with Crippen LogP contribution in [-0.2, 0) is 4.79 Å². The Balaban J connectivity index is 1.85. The van der Waals surface area contributed by atoms with E-state index in [1.807, 2.05) is 49.4 Å². The smallest absolute Gasteiger partial charge is 0.264 e. The molecular formula is C22H25N3O2S. The molecule has 0 spiro atoms. The molecular weight excluding hydrogens is 370 g/mol. The maximum atomic E-state index is 12.4. The molecule has 0 saturated carbocycles. The first-order valence-electron chi connectivity index (χ1n) is 9.33. The summed E-state index contributed by atoms with van der Waals surface area (Å²) in [5.74, 6) is 0.597. The van der Waals surface area contributed by atoms with Crippen molar-refractivity contribution in [3.8, 4) is 5.75 Å². The van der Waals surface area contributed by atoms with Crippen LogP contribution in [0.3, 0.4) is 0 Å². The fraction of sp³-hybridized carbons (Fsp3) is 0.273. The van der Waals surface area contributed by atoms with E-state index in [9.17, 15) is 4.79 Å². The number of carbonyl (C=O) groups is 1. The number of hydrogen-bond donors (Lipinski definition) is 1. The van der Waals surface area contributed by atoms with Crippen LogP contribution in [0, 0.1) is 6.92 Å². The van der Waals surface area contributed by atoms with E-state index in [1.165, 1.54) is 17.3 Å². The molecule has 0 atom stereocenters.